The van der Waals surface area contributed by atoms with Gasteiger partial charge in [0.1, 0.15) is 11.6 Å². The van der Waals surface area contributed by atoms with Crippen LogP contribution in [0.2, 0.25) is 5.02 Å². The van der Waals surface area contributed by atoms with Crippen molar-refractivity contribution in [3.05, 3.63) is 69.1 Å². The maximum Gasteiger partial charge on any atom is 0.410 e. The third-order valence-electron chi connectivity index (χ3n) is 5.92. The number of nitrogens with zero attached hydrogens (tertiary/aromatic N) is 2. The van der Waals surface area contributed by atoms with Gasteiger partial charge in [0.25, 0.3) is 0 Å². The molecule has 198 valence electrons. The second-order valence-electron chi connectivity index (χ2n) is 8.45. The Morgan fingerprint density at radius 2 is 1.95 bits per heavy atom. The molecule has 0 spiro atoms. The number of hydrogen-bond donors (Lipinski definition) is 5. The molecule has 0 bridgehead atoms. The third kappa shape index (κ3) is 6.27. The van der Waals surface area contributed by atoms with Crippen LogP contribution in [0.25, 0.3) is 12.3 Å². The zero-order valence-electron chi connectivity index (χ0n) is 20.1. The summed E-state index contributed by atoms with van der Waals surface area (Å²) in [6.07, 6.45) is 1.39. The van der Waals surface area contributed by atoms with E-state index in [1.165, 1.54) is 54.6 Å². The molecule has 1 aliphatic rings. The highest BCUT2D eigenvalue weighted by Gasteiger charge is 2.41. The first-order valence-electron chi connectivity index (χ1n) is 11.2. The van der Waals surface area contributed by atoms with Crippen LogP contribution in [0, 0.1) is 11.6 Å². The van der Waals surface area contributed by atoms with E-state index in [-0.39, 0.29) is 18.1 Å². The Hall–Kier alpha value is -3.90. The van der Waals surface area contributed by atoms with Gasteiger partial charge in [-0.25, -0.2) is 18.4 Å². The standard InChI is InChI=1S/C24H27ClF2N6O4/c1-14(32(2)22(35)29-11-16-4-3-5-19(27)21(16)25)13-33(23(36)37)24(31-20(34)10-28)9-17-8-18(26)7-6-15(17)12-30-24/h3-9,12,14,30H,10-11,13,28H2,1-2H3,(H,29,35)(H,31,34)(H,36,37)/t14?,24-/m0/s1. The summed E-state index contributed by atoms with van der Waals surface area (Å²) in [6, 6.07) is 6.89. The van der Waals surface area contributed by atoms with Crippen LogP contribution in [0.4, 0.5) is 18.4 Å². The Labute approximate surface area is 216 Å². The number of likely N-dealkylation sites (N-methyl/N-ethyl adjacent to an activating group) is 1. The molecule has 1 unspecified atom stereocenters. The average molecular weight is 537 g/mol. The number of rotatable bonds is 8. The van der Waals surface area contributed by atoms with E-state index >= 15 is 0 Å². The first-order chi connectivity index (χ1) is 17.5. The van der Waals surface area contributed by atoms with Gasteiger partial charge in [0, 0.05) is 32.4 Å². The normalized spacial score (nSPS) is 16.7. The molecule has 10 nitrogen and oxygen atoms in total. The van der Waals surface area contributed by atoms with Gasteiger partial charge in [0.15, 0.2) is 0 Å². The van der Waals surface area contributed by atoms with Crippen molar-refractivity contribution >= 4 is 41.9 Å². The molecule has 0 saturated carbocycles. The lowest BCUT2D eigenvalue weighted by Gasteiger charge is -2.43. The van der Waals surface area contributed by atoms with Crippen LogP contribution in [0.5, 0.6) is 0 Å². The first-order valence-corrected chi connectivity index (χ1v) is 11.6. The van der Waals surface area contributed by atoms with Crippen LogP contribution in [0.1, 0.15) is 12.5 Å². The van der Waals surface area contributed by atoms with E-state index in [0.29, 0.717) is 16.0 Å². The number of nitrogens with one attached hydrogen (secondary N) is 3. The second-order valence-corrected chi connectivity index (χ2v) is 8.83. The van der Waals surface area contributed by atoms with Gasteiger partial charge < -0.3 is 31.7 Å². The number of benzene rings is 2. The van der Waals surface area contributed by atoms with Crippen LogP contribution in [0.3, 0.4) is 0 Å². The molecule has 13 heteroatoms. The smallest absolute Gasteiger partial charge is 0.410 e. The Morgan fingerprint density at radius 3 is 2.62 bits per heavy atom. The minimum absolute atomic E-state index is 0.0573. The van der Waals surface area contributed by atoms with Gasteiger partial charge in [0.05, 0.1) is 11.6 Å². The van der Waals surface area contributed by atoms with Gasteiger partial charge >= 0.3 is 12.1 Å². The van der Waals surface area contributed by atoms with Crippen molar-refractivity contribution in [3.63, 3.8) is 0 Å². The molecule has 37 heavy (non-hydrogen) atoms. The van der Waals surface area contributed by atoms with Crippen molar-refractivity contribution in [2.24, 2.45) is 5.73 Å². The summed E-state index contributed by atoms with van der Waals surface area (Å²) in [4.78, 5) is 39.5. The zero-order valence-corrected chi connectivity index (χ0v) is 20.9. The Balaban J connectivity index is 1.84. The number of fused-ring (bicyclic) bond motifs is 1. The minimum atomic E-state index is -1.82. The van der Waals surface area contributed by atoms with Gasteiger partial charge in [-0.2, -0.15) is 0 Å². The van der Waals surface area contributed by atoms with Crippen molar-refractivity contribution in [1.29, 1.82) is 0 Å². The van der Waals surface area contributed by atoms with E-state index in [9.17, 15) is 28.3 Å². The molecule has 0 radical (unpaired) electrons. The molecular formula is C24H27ClF2N6O4. The van der Waals surface area contributed by atoms with Gasteiger partial charge in [-0.05, 0) is 47.2 Å². The fourth-order valence-corrected chi connectivity index (χ4v) is 3.95. The first kappa shape index (κ1) is 27.7. The Bertz CT molecular complexity index is 1330. The van der Waals surface area contributed by atoms with E-state index in [2.05, 4.69) is 16.0 Å². The summed E-state index contributed by atoms with van der Waals surface area (Å²) in [5.41, 5.74) is 5.82. The zero-order chi connectivity index (χ0) is 27.3. The van der Waals surface area contributed by atoms with E-state index in [0.717, 1.165) is 4.90 Å². The van der Waals surface area contributed by atoms with E-state index in [1.54, 1.807) is 13.0 Å². The van der Waals surface area contributed by atoms with E-state index in [1.807, 2.05) is 0 Å². The summed E-state index contributed by atoms with van der Waals surface area (Å²) in [7, 11) is 1.45. The highest BCUT2D eigenvalue weighted by molar-refractivity contribution is 6.31. The van der Waals surface area contributed by atoms with Gasteiger partial charge in [0.2, 0.25) is 11.7 Å². The fraction of sp³-hybridized carbons (Fsp3) is 0.292. The summed E-state index contributed by atoms with van der Waals surface area (Å²) >= 11 is 5.93. The molecule has 1 heterocycles. The van der Waals surface area contributed by atoms with E-state index < -0.39 is 48.0 Å². The molecule has 2 aromatic rings. The molecule has 6 N–H and O–H groups in total. The van der Waals surface area contributed by atoms with Gasteiger partial charge in [-0.3, -0.25) is 9.69 Å². The number of carbonyl (C=O) groups is 3. The summed E-state index contributed by atoms with van der Waals surface area (Å²) in [5, 5.41) is 18.9. The van der Waals surface area contributed by atoms with Crippen LogP contribution in [-0.2, 0) is 11.3 Å². The maximum absolute atomic E-state index is 13.9. The number of nitrogens with two attached hydrogens (primary N) is 1. The van der Waals surface area contributed by atoms with Gasteiger partial charge in [-0.15, -0.1) is 0 Å². The van der Waals surface area contributed by atoms with Crippen LogP contribution >= 0.6 is 11.6 Å². The topological polar surface area (TPSA) is 140 Å². The molecule has 0 saturated heterocycles. The Morgan fingerprint density at radius 1 is 1.22 bits per heavy atom. The van der Waals surface area contributed by atoms with Crippen LogP contribution < -0.4 is 32.1 Å². The summed E-state index contributed by atoms with van der Waals surface area (Å²) < 4.78 is 27.6. The highest BCUT2D eigenvalue weighted by atomic mass is 35.5. The average Bonchev–Trinajstić information content (AvgIpc) is 2.86. The van der Waals surface area contributed by atoms with Crippen molar-refractivity contribution < 1.29 is 28.3 Å². The molecule has 4 amide bonds. The molecule has 0 aliphatic carbocycles. The molecule has 2 aromatic carbocycles. The number of carbonyl (C=O) groups excluding carboxylic acids is 2. The lowest BCUT2D eigenvalue weighted by molar-refractivity contribution is -0.123. The van der Waals surface area contributed by atoms with Crippen molar-refractivity contribution in [2.75, 3.05) is 20.1 Å². The van der Waals surface area contributed by atoms with Gasteiger partial charge in [-0.1, -0.05) is 29.8 Å². The quantitative estimate of drug-likeness (QED) is 0.314. The predicted molar refractivity (Wildman–Crippen MR) is 133 cm³/mol. The molecule has 0 aromatic heterocycles. The molecule has 1 aliphatic heterocycles. The molecular weight excluding hydrogens is 510 g/mol. The number of hydrogen-bond acceptors (Lipinski definition) is 5. The van der Waals surface area contributed by atoms with Crippen LogP contribution in [-0.4, -0.2) is 64.9 Å². The van der Waals surface area contributed by atoms with Crippen molar-refractivity contribution in [1.82, 2.24) is 25.8 Å². The molecule has 3 rings (SSSR count). The third-order valence-corrected chi connectivity index (χ3v) is 6.35. The number of urea groups is 1. The van der Waals surface area contributed by atoms with Crippen molar-refractivity contribution in [3.8, 4) is 0 Å². The Kier molecular flexibility index (Phi) is 8.56. The second kappa shape index (κ2) is 11.4. The molecule has 0 fully saturated rings. The largest absolute Gasteiger partial charge is 0.465 e. The summed E-state index contributed by atoms with van der Waals surface area (Å²) in [5.74, 6) is -3.65. The maximum atomic E-state index is 13.9. The minimum Gasteiger partial charge on any atom is -0.465 e. The number of amides is 4. The summed E-state index contributed by atoms with van der Waals surface area (Å²) in [6.45, 7) is 0.843. The lowest BCUT2D eigenvalue weighted by atomic mass is 10.1. The van der Waals surface area contributed by atoms with Crippen molar-refractivity contribution in [2.45, 2.75) is 25.3 Å². The highest BCUT2D eigenvalue weighted by Crippen LogP contribution is 2.20. The fourth-order valence-electron chi connectivity index (χ4n) is 3.76. The van der Waals surface area contributed by atoms with Crippen LogP contribution in [0.15, 0.2) is 36.4 Å². The predicted octanol–water partition coefficient (Wildman–Crippen LogP) is 0.679. The van der Waals surface area contributed by atoms with E-state index in [4.69, 9.17) is 17.3 Å². The lowest BCUT2D eigenvalue weighted by Crippen LogP contribution is -2.72. The number of halogens is 3. The number of carboxylic acid groups (broad SMARTS) is 1. The SMILES string of the molecule is CC(CN(C(=O)O)[C@@]1(NC(=O)CN)C=c2cc(F)ccc2=CN1)N(C)C(=O)NCc1cccc(F)c1Cl. The monoisotopic (exact) mass is 536 g/mol. The molecule has 2 atom stereocenters.